The Hall–Kier alpha value is -3.42. The summed E-state index contributed by atoms with van der Waals surface area (Å²) in [6, 6.07) is -3.71. The number of hydrogen-bond donors (Lipinski definition) is 8. The topological polar surface area (TPSA) is 258 Å². The van der Waals surface area contributed by atoms with Crippen LogP contribution in [0.5, 0.6) is 0 Å². The molecule has 3 atom stereocenters. The lowest BCUT2D eigenvalue weighted by Crippen LogP contribution is -2.58. The Morgan fingerprint density at radius 3 is 2.00 bits per heavy atom. The van der Waals surface area contributed by atoms with E-state index in [-0.39, 0.29) is 18.9 Å². The van der Waals surface area contributed by atoms with E-state index < -0.39 is 66.6 Å². The Kier molecular flexibility index (Phi) is 12.2. The Bertz CT molecular complexity index is 692. The monoisotopic (exact) mass is 444 g/mol. The zero-order valence-electron chi connectivity index (χ0n) is 17.6. The average molecular weight is 444 g/mol. The van der Waals surface area contributed by atoms with Gasteiger partial charge in [0.25, 0.3) is 0 Å². The summed E-state index contributed by atoms with van der Waals surface area (Å²) in [5.41, 5.74) is 20.7. The van der Waals surface area contributed by atoms with E-state index in [1.54, 1.807) is 13.8 Å². The van der Waals surface area contributed by atoms with E-state index >= 15 is 0 Å². The van der Waals surface area contributed by atoms with Gasteiger partial charge >= 0.3 is 5.97 Å². The van der Waals surface area contributed by atoms with E-state index in [4.69, 9.17) is 22.9 Å². The number of nitrogens with zero attached hydrogens (tertiary/aromatic N) is 1. The first-order valence-electron chi connectivity index (χ1n) is 9.55. The van der Waals surface area contributed by atoms with Crippen molar-refractivity contribution in [1.29, 1.82) is 0 Å². The van der Waals surface area contributed by atoms with Crippen molar-refractivity contribution in [2.45, 2.75) is 51.2 Å². The molecule has 0 spiro atoms. The van der Waals surface area contributed by atoms with Crippen LogP contribution in [0.2, 0.25) is 0 Å². The number of aliphatic carboxylic acids is 1. The Morgan fingerprint density at radius 1 is 0.935 bits per heavy atom. The average Bonchev–Trinajstić information content (AvgIpc) is 2.66. The number of aliphatic imine (C=N–C) groups is 1. The summed E-state index contributed by atoms with van der Waals surface area (Å²) >= 11 is 0. The maximum atomic E-state index is 12.6. The number of nitrogens with two attached hydrogens (primary N) is 4. The van der Waals surface area contributed by atoms with Gasteiger partial charge in [-0.25, -0.2) is 4.79 Å². The summed E-state index contributed by atoms with van der Waals surface area (Å²) in [5, 5.41) is 16.4. The Balaban J connectivity index is 5.23. The standard InChI is InChI=1S/C17H32N8O6/c1-8(2)13(25-14(28)10(6-11(19)26)23-12(27)7-18)15(29)24-9(16(30)31)4-3-5-22-17(20)21/h8-10,13H,3-7,18H2,1-2H3,(H2,19,26)(H,23,27)(H,24,29)(H,25,28)(H,30,31)(H4,20,21,22). The molecule has 0 aliphatic rings. The number of primary amides is 1. The highest BCUT2D eigenvalue weighted by atomic mass is 16.4. The molecule has 0 bridgehead atoms. The minimum atomic E-state index is -1.34. The molecule has 176 valence electrons. The van der Waals surface area contributed by atoms with Crippen molar-refractivity contribution in [3.8, 4) is 0 Å². The molecule has 14 heteroatoms. The second-order valence-electron chi connectivity index (χ2n) is 7.07. The first-order chi connectivity index (χ1) is 14.4. The summed E-state index contributed by atoms with van der Waals surface area (Å²) in [4.78, 5) is 63.1. The molecule has 0 aromatic rings. The number of guanidine groups is 1. The van der Waals surface area contributed by atoms with Crippen molar-refractivity contribution in [3.63, 3.8) is 0 Å². The van der Waals surface area contributed by atoms with Gasteiger partial charge in [-0.1, -0.05) is 13.8 Å². The lowest BCUT2D eigenvalue weighted by atomic mass is 10.0. The highest BCUT2D eigenvalue weighted by Crippen LogP contribution is 2.06. The molecule has 0 radical (unpaired) electrons. The van der Waals surface area contributed by atoms with Gasteiger partial charge in [-0.3, -0.25) is 24.2 Å². The lowest BCUT2D eigenvalue weighted by molar-refractivity contribution is -0.143. The number of carbonyl (C=O) groups excluding carboxylic acids is 4. The molecule has 0 aliphatic heterocycles. The largest absolute Gasteiger partial charge is 0.480 e. The molecule has 14 nitrogen and oxygen atoms in total. The molecule has 0 saturated carbocycles. The van der Waals surface area contributed by atoms with Crippen LogP contribution in [0, 0.1) is 5.92 Å². The van der Waals surface area contributed by atoms with Crippen molar-refractivity contribution in [1.82, 2.24) is 16.0 Å². The molecule has 31 heavy (non-hydrogen) atoms. The van der Waals surface area contributed by atoms with E-state index in [0.29, 0.717) is 6.42 Å². The molecule has 3 unspecified atom stereocenters. The van der Waals surface area contributed by atoms with Gasteiger partial charge in [0.1, 0.15) is 18.1 Å². The number of carbonyl (C=O) groups is 5. The van der Waals surface area contributed by atoms with Gasteiger partial charge in [-0.05, 0) is 18.8 Å². The number of nitrogens with one attached hydrogen (secondary N) is 3. The third-order valence-corrected chi connectivity index (χ3v) is 4.05. The second-order valence-corrected chi connectivity index (χ2v) is 7.07. The smallest absolute Gasteiger partial charge is 0.326 e. The molecule has 12 N–H and O–H groups in total. The highest BCUT2D eigenvalue weighted by Gasteiger charge is 2.31. The third-order valence-electron chi connectivity index (χ3n) is 4.05. The van der Waals surface area contributed by atoms with Crippen LogP contribution < -0.4 is 38.9 Å². The minimum absolute atomic E-state index is 0.0491. The quantitative estimate of drug-likeness (QED) is 0.0737. The number of amides is 4. The predicted molar refractivity (Wildman–Crippen MR) is 111 cm³/mol. The highest BCUT2D eigenvalue weighted by molar-refractivity contribution is 5.95. The van der Waals surface area contributed by atoms with Crippen molar-refractivity contribution >= 4 is 35.6 Å². The molecule has 0 aromatic heterocycles. The fraction of sp³-hybridized carbons (Fsp3) is 0.647. The van der Waals surface area contributed by atoms with Crippen LogP contribution in [0.15, 0.2) is 4.99 Å². The second kappa shape index (κ2) is 13.7. The zero-order chi connectivity index (χ0) is 24.1. The molecule has 0 aliphatic carbocycles. The van der Waals surface area contributed by atoms with E-state index in [2.05, 4.69) is 20.9 Å². The van der Waals surface area contributed by atoms with Crippen LogP contribution in [-0.2, 0) is 24.0 Å². The van der Waals surface area contributed by atoms with Crippen molar-refractivity contribution in [3.05, 3.63) is 0 Å². The van der Waals surface area contributed by atoms with E-state index in [1.165, 1.54) is 0 Å². The normalized spacial score (nSPS) is 13.4. The zero-order valence-corrected chi connectivity index (χ0v) is 17.6. The number of hydrogen-bond acceptors (Lipinski definition) is 7. The maximum absolute atomic E-state index is 12.6. The van der Waals surface area contributed by atoms with Gasteiger partial charge in [0.15, 0.2) is 5.96 Å². The molecule has 0 saturated heterocycles. The van der Waals surface area contributed by atoms with Gasteiger partial charge < -0.3 is 44.0 Å². The van der Waals surface area contributed by atoms with Crippen LogP contribution >= 0.6 is 0 Å². The van der Waals surface area contributed by atoms with Gasteiger partial charge in [0.05, 0.1) is 13.0 Å². The maximum Gasteiger partial charge on any atom is 0.326 e. The van der Waals surface area contributed by atoms with Crippen molar-refractivity contribution in [2.24, 2.45) is 33.8 Å². The molecular formula is C17H32N8O6. The fourth-order valence-corrected chi connectivity index (χ4v) is 2.47. The molecule has 0 fully saturated rings. The van der Waals surface area contributed by atoms with Gasteiger partial charge in [-0.2, -0.15) is 0 Å². The lowest BCUT2D eigenvalue weighted by Gasteiger charge is -2.26. The van der Waals surface area contributed by atoms with E-state index in [1.807, 2.05) is 0 Å². The molecular weight excluding hydrogens is 412 g/mol. The van der Waals surface area contributed by atoms with Crippen LogP contribution in [0.3, 0.4) is 0 Å². The summed E-state index contributed by atoms with van der Waals surface area (Å²) in [5.74, 6) is -4.98. The first kappa shape index (κ1) is 27.6. The predicted octanol–water partition coefficient (Wildman–Crippen LogP) is -3.93. The van der Waals surface area contributed by atoms with Crippen LogP contribution in [0.1, 0.15) is 33.1 Å². The number of carboxylic acid groups (broad SMARTS) is 1. The van der Waals surface area contributed by atoms with Gasteiger partial charge in [0, 0.05) is 6.54 Å². The van der Waals surface area contributed by atoms with Gasteiger partial charge in [0.2, 0.25) is 23.6 Å². The van der Waals surface area contributed by atoms with Crippen LogP contribution in [-0.4, -0.2) is 71.9 Å². The summed E-state index contributed by atoms with van der Waals surface area (Å²) in [7, 11) is 0. The molecule has 0 aromatic carbocycles. The van der Waals surface area contributed by atoms with Crippen LogP contribution in [0.25, 0.3) is 0 Å². The molecule has 0 heterocycles. The number of carboxylic acids is 1. The van der Waals surface area contributed by atoms with E-state index in [0.717, 1.165) is 0 Å². The van der Waals surface area contributed by atoms with E-state index in [9.17, 15) is 29.1 Å². The van der Waals surface area contributed by atoms with Crippen molar-refractivity contribution < 1.29 is 29.1 Å². The van der Waals surface area contributed by atoms with Gasteiger partial charge in [-0.15, -0.1) is 0 Å². The minimum Gasteiger partial charge on any atom is -0.480 e. The SMILES string of the molecule is CC(C)C(NC(=O)C(CC(N)=O)NC(=O)CN)C(=O)NC(CCCN=C(N)N)C(=O)O. The molecule has 0 rings (SSSR count). The third kappa shape index (κ3) is 11.4. The fourth-order valence-electron chi connectivity index (χ4n) is 2.47. The van der Waals surface area contributed by atoms with Crippen LogP contribution in [0.4, 0.5) is 0 Å². The Labute approximate surface area is 179 Å². The molecule has 4 amide bonds. The summed E-state index contributed by atoms with van der Waals surface area (Å²) in [6.45, 7) is 3.01. The summed E-state index contributed by atoms with van der Waals surface area (Å²) < 4.78 is 0. The van der Waals surface area contributed by atoms with Crippen molar-refractivity contribution in [2.75, 3.05) is 13.1 Å². The Morgan fingerprint density at radius 2 is 1.55 bits per heavy atom. The summed E-state index contributed by atoms with van der Waals surface area (Å²) in [6.07, 6.45) is -0.167. The number of rotatable bonds is 14. The first-order valence-corrected chi connectivity index (χ1v) is 9.55.